The minimum atomic E-state index is -0.352. The molecular weight excluding hydrogens is 484 g/mol. The minimum absolute atomic E-state index is 0.352. The van der Waals surface area contributed by atoms with Crippen molar-refractivity contribution in [2.24, 2.45) is 5.73 Å². The standard InChI is InChI=1S/C30H35ClN4O2/c1-20-7-5-6-8-21(20)18-34(2)23-9-12-30(32,13-10-23)22-11-14-35-19-26(33-29(35)15-22)24-16-25(31)28(37-4)17-27(24)36-3/h5-8,11,14-17,19,23H,9-10,12-13,18,32H2,1-4H3. The first-order valence-electron chi connectivity index (χ1n) is 12.8. The largest absolute Gasteiger partial charge is 0.496 e. The Hall–Kier alpha value is -3.06. The van der Waals surface area contributed by atoms with Crippen molar-refractivity contribution >= 4 is 17.2 Å². The molecule has 0 atom stereocenters. The van der Waals surface area contributed by atoms with Gasteiger partial charge in [0.25, 0.3) is 0 Å². The molecule has 194 valence electrons. The monoisotopic (exact) mass is 518 g/mol. The van der Waals surface area contributed by atoms with Gasteiger partial charge in [-0.2, -0.15) is 0 Å². The zero-order valence-electron chi connectivity index (χ0n) is 22.0. The fraction of sp³-hybridized carbons (Fsp3) is 0.367. The van der Waals surface area contributed by atoms with Crippen molar-refractivity contribution < 1.29 is 9.47 Å². The Labute approximate surface area is 224 Å². The maximum absolute atomic E-state index is 7.02. The number of methoxy groups -OCH3 is 2. The molecule has 1 saturated carbocycles. The predicted octanol–water partition coefficient (Wildman–Crippen LogP) is 6.21. The molecule has 2 aromatic carbocycles. The second-order valence-corrected chi connectivity index (χ2v) is 10.6. The van der Waals surface area contributed by atoms with Crippen molar-refractivity contribution in [1.82, 2.24) is 14.3 Å². The van der Waals surface area contributed by atoms with E-state index in [0.717, 1.165) is 54.7 Å². The quantitative estimate of drug-likeness (QED) is 0.315. The highest BCUT2D eigenvalue weighted by molar-refractivity contribution is 6.32. The molecule has 0 spiro atoms. The molecule has 0 bridgehead atoms. The number of fused-ring (bicyclic) bond motifs is 1. The second-order valence-electron chi connectivity index (χ2n) is 10.2. The van der Waals surface area contributed by atoms with Crippen LogP contribution in [0.3, 0.4) is 0 Å². The van der Waals surface area contributed by atoms with E-state index in [0.29, 0.717) is 22.6 Å². The maximum Gasteiger partial charge on any atom is 0.141 e. The van der Waals surface area contributed by atoms with E-state index in [2.05, 4.69) is 55.3 Å². The van der Waals surface area contributed by atoms with Crippen LogP contribution in [0.15, 0.2) is 60.9 Å². The topological polar surface area (TPSA) is 65.0 Å². The van der Waals surface area contributed by atoms with E-state index in [1.807, 2.05) is 22.9 Å². The number of benzene rings is 2. The minimum Gasteiger partial charge on any atom is -0.496 e. The third-order valence-corrected chi connectivity index (χ3v) is 8.23. The lowest BCUT2D eigenvalue weighted by Crippen LogP contribution is -2.45. The summed E-state index contributed by atoms with van der Waals surface area (Å²) in [5.41, 5.74) is 13.0. The molecule has 2 N–H and O–H groups in total. The normalized spacial score (nSPS) is 19.9. The van der Waals surface area contributed by atoms with Gasteiger partial charge in [0.1, 0.15) is 17.1 Å². The Morgan fingerprint density at radius 3 is 2.51 bits per heavy atom. The van der Waals surface area contributed by atoms with Crippen LogP contribution in [0, 0.1) is 6.92 Å². The lowest BCUT2D eigenvalue weighted by Gasteiger charge is -2.41. The van der Waals surface area contributed by atoms with E-state index in [9.17, 15) is 0 Å². The van der Waals surface area contributed by atoms with E-state index in [1.54, 1.807) is 20.3 Å². The number of nitrogens with two attached hydrogens (primary N) is 1. The molecule has 6 nitrogen and oxygen atoms in total. The summed E-state index contributed by atoms with van der Waals surface area (Å²) in [6, 6.07) is 17.1. The Morgan fingerprint density at radius 1 is 1.08 bits per heavy atom. The molecule has 0 unspecified atom stereocenters. The van der Waals surface area contributed by atoms with Crippen LogP contribution >= 0.6 is 11.6 Å². The first kappa shape index (κ1) is 25.6. The molecule has 0 saturated heterocycles. The molecule has 5 rings (SSSR count). The number of hydrogen-bond donors (Lipinski definition) is 1. The summed E-state index contributed by atoms with van der Waals surface area (Å²) in [6.45, 7) is 3.15. The van der Waals surface area contributed by atoms with E-state index in [-0.39, 0.29) is 5.54 Å². The Bertz CT molecular complexity index is 1410. The lowest BCUT2D eigenvalue weighted by molar-refractivity contribution is 0.144. The summed E-state index contributed by atoms with van der Waals surface area (Å²) in [4.78, 5) is 7.38. The van der Waals surface area contributed by atoms with Crippen LogP contribution in [0.25, 0.3) is 16.9 Å². The molecule has 37 heavy (non-hydrogen) atoms. The number of imidazole rings is 1. The maximum atomic E-state index is 7.02. The van der Waals surface area contributed by atoms with Gasteiger partial charge in [-0.05, 0) is 74.5 Å². The molecule has 0 amide bonds. The van der Waals surface area contributed by atoms with Crippen molar-refractivity contribution in [3.05, 3.63) is 82.6 Å². The van der Waals surface area contributed by atoms with Gasteiger partial charge in [-0.3, -0.25) is 4.90 Å². The number of aryl methyl sites for hydroxylation is 1. The van der Waals surface area contributed by atoms with Crippen molar-refractivity contribution in [3.8, 4) is 22.8 Å². The zero-order valence-corrected chi connectivity index (χ0v) is 22.8. The van der Waals surface area contributed by atoms with Crippen molar-refractivity contribution in [2.75, 3.05) is 21.3 Å². The fourth-order valence-corrected chi connectivity index (χ4v) is 5.75. The Kier molecular flexibility index (Phi) is 7.17. The first-order valence-corrected chi connectivity index (χ1v) is 13.1. The Balaban J connectivity index is 1.34. The molecule has 1 fully saturated rings. The number of hydrogen-bond acceptors (Lipinski definition) is 5. The van der Waals surface area contributed by atoms with Gasteiger partial charge < -0.3 is 19.6 Å². The number of nitrogens with zero attached hydrogens (tertiary/aromatic N) is 3. The summed E-state index contributed by atoms with van der Waals surface area (Å²) in [5, 5.41) is 0.515. The van der Waals surface area contributed by atoms with Crippen LogP contribution in [-0.2, 0) is 12.1 Å². The SMILES string of the molecule is COc1cc(OC)c(-c2cn3ccc(C4(N)CCC(N(C)Cc5ccccc5C)CC4)cc3n2)cc1Cl. The summed E-state index contributed by atoms with van der Waals surface area (Å²) in [5.74, 6) is 1.23. The average molecular weight is 519 g/mol. The van der Waals surface area contributed by atoms with Crippen molar-refractivity contribution in [1.29, 1.82) is 0 Å². The smallest absolute Gasteiger partial charge is 0.141 e. The molecule has 7 heteroatoms. The van der Waals surface area contributed by atoms with Gasteiger partial charge in [-0.25, -0.2) is 4.98 Å². The van der Waals surface area contributed by atoms with Crippen LogP contribution in [0.1, 0.15) is 42.4 Å². The van der Waals surface area contributed by atoms with E-state index < -0.39 is 0 Å². The third-order valence-electron chi connectivity index (χ3n) is 7.94. The van der Waals surface area contributed by atoms with Crippen LogP contribution in [0.4, 0.5) is 0 Å². The van der Waals surface area contributed by atoms with Gasteiger partial charge in [-0.1, -0.05) is 35.9 Å². The number of pyridine rings is 1. The van der Waals surface area contributed by atoms with Crippen LogP contribution in [-0.4, -0.2) is 41.6 Å². The van der Waals surface area contributed by atoms with E-state index in [1.165, 1.54) is 11.1 Å². The first-order chi connectivity index (χ1) is 17.8. The van der Waals surface area contributed by atoms with Gasteiger partial charge in [0, 0.05) is 42.1 Å². The number of halogens is 1. The highest BCUT2D eigenvalue weighted by Gasteiger charge is 2.35. The van der Waals surface area contributed by atoms with Gasteiger partial charge in [0.05, 0.1) is 24.9 Å². The van der Waals surface area contributed by atoms with Gasteiger partial charge in [0.15, 0.2) is 0 Å². The molecule has 0 radical (unpaired) electrons. The molecule has 1 aliphatic rings. The lowest BCUT2D eigenvalue weighted by atomic mass is 9.75. The summed E-state index contributed by atoms with van der Waals surface area (Å²) in [7, 11) is 5.45. The van der Waals surface area contributed by atoms with Crippen LogP contribution in [0.5, 0.6) is 11.5 Å². The number of rotatable bonds is 7. The second kappa shape index (κ2) is 10.4. The molecule has 2 heterocycles. The molecule has 0 aliphatic heterocycles. The van der Waals surface area contributed by atoms with Gasteiger partial charge >= 0.3 is 0 Å². The molecule has 4 aromatic rings. The summed E-state index contributed by atoms with van der Waals surface area (Å²) < 4.78 is 12.9. The van der Waals surface area contributed by atoms with Gasteiger partial charge in [0.2, 0.25) is 0 Å². The number of aromatic nitrogens is 2. The number of ether oxygens (including phenoxy) is 2. The van der Waals surface area contributed by atoms with E-state index >= 15 is 0 Å². The predicted molar refractivity (Wildman–Crippen MR) is 150 cm³/mol. The van der Waals surface area contributed by atoms with Crippen LogP contribution in [0.2, 0.25) is 5.02 Å². The highest BCUT2D eigenvalue weighted by Crippen LogP contribution is 2.40. The Morgan fingerprint density at radius 2 is 1.81 bits per heavy atom. The third kappa shape index (κ3) is 5.06. The summed E-state index contributed by atoms with van der Waals surface area (Å²) in [6.07, 6.45) is 8.07. The highest BCUT2D eigenvalue weighted by atomic mass is 35.5. The average Bonchev–Trinajstić information content (AvgIpc) is 3.33. The van der Waals surface area contributed by atoms with Crippen molar-refractivity contribution in [2.45, 2.75) is 50.7 Å². The van der Waals surface area contributed by atoms with Gasteiger partial charge in [-0.15, -0.1) is 0 Å². The van der Waals surface area contributed by atoms with E-state index in [4.69, 9.17) is 31.8 Å². The van der Waals surface area contributed by atoms with Crippen LogP contribution < -0.4 is 15.2 Å². The molecular formula is C30H35ClN4O2. The molecule has 2 aromatic heterocycles. The summed E-state index contributed by atoms with van der Waals surface area (Å²) >= 11 is 6.40. The van der Waals surface area contributed by atoms with Crippen molar-refractivity contribution in [3.63, 3.8) is 0 Å². The molecule has 1 aliphatic carbocycles. The fourth-order valence-electron chi connectivity index (χ4n) is 5.51. The zero-order chi connectivity index (χ0) is 26.2.